The molecule has 1 heterocycles. The van der Waals surface area contributed by atoms with Crippen molar-refractivity contribution in [3.8, 4) is 11.1 Å². The highest BCUT2D eigenvalue weighted by Gasteiger charge is 2.18. The van der Waals surface area contributed by atoms with E-state index < -0.39 is 11.6 Å². The molecule has 0 bridgehead atoms. The van der Waals surface area contributed by atoms with Crippen LogP contribution in [0.4, 0.5) is 14.5 Å². The van der Waals surface area contributed by atoms with Gasteiger partial charge in [0.05, 0.1) is 5.56 Å². The third-order valence-electron chi connectivity index (χ3n) is 3.93. The van der Waals surface area contributed by atoms with Gasteiger partial charge in [-0.1, -0.05) is 12.1 Å². The third kappa shape index (κ3) is 2.17. The number of rotatable bonds is 1. The van der Waals surface area contributed by atoms with Crippen LogP contribution in [-0.4, -0.2) is 6.04 Å². The number of nitrogens with one attached hydrogen (secondary N) is 1. The Kier molecular flexibility index (Phi) is 3.20. The summed E-state index contributed by atoms with van der Waals surface area (Å²) in [6, 6.07) is 8.84. The predicted octanol–water partition coefficient (Wildman–Crippen LogP) is 4.69. The van der Waals surface area contributed by atoms with Gasteiger partial charge in [-0.25, -0.2) is 8.78 Å². The molecule has 1 aliphatic rings. The van der Waals surface area contributed by atoms with Gasteiger partial charge in [0.1, 0.15) is 11.6 Å². The second kappa shape index (κ2) is 4.89. The largest absolute Gasteiger partial charge is 0.382 e. The van der Waals surface area contributed by atoms with E-state index in [4.69, 9.17) is 0 Å². The first-order valence-electron chi connectivity index (χ1n) is 6.90. The number of halogens is 2. The lowest BCUT2D eigenvalue weighted by atomic mass is 9.94. The van der Waals surface area contributed by atoms with Crippen LogP contribution in [0.5, 0.6) is 0 Å². The number of fused-ring (bicyclic) bond motifs is 1. The maximum atomic E-state index is 14.2. The van der Waals surface area contributed by atoms with Crippen LogP contribution in [0.2, 0.25) is 0 Å². The van der Waals surface area contributed by atoms with E-state index in [2.05, 4.69) is 12.2 Å². The lowest BCUT2D eigenvalue weighted by Gasteiger charge is -2.24. The molecule has 1 unspecified atom stereocenters. The Morgan fingerprint density at radius 3 is 2.75 bits per heavy atom. The molecule has 0 fully saturated rings. The zero-order chi connectivity index (χ0) is 14.3. The van der Waals surface area contributed by atoms with Crippen LogP contribution in [0.15, 0.2) is 30.3 Å². The fourth-order valence-electron chi connectivity index (χ4n) is 2.73. The van der Waals surface area contributed by atoms with Crippen molar-refractivity contribution in [3.63, 3.8) is 0 Å². The number of anilines is 1. The summed E-state index contributed by atoms with van der Waals surface area (Å²) in [5, 5.41) is 3.39. The van der Waals surface area contributed by atoms with E-state index in [-0.39, 0.29) is 5.56 Å². The maximum absolute atomic E-state index is 14.2. The Hall–Kier alpha value is -1.90. The fourth-order valence-corrected chi connectivity index (χ4v) is 2.73. The molecule has 0 aliphatic carbocycles. The van der Waals surface area contributed by atoms with Crippen LogP contribution in [0, 0.1) is 18.6 Å². The second-order valence-corrected chi connectivity index (χ2v) is 5.51. The van der Waals surface area contributed by atoms with E-state index in [9.17, 15) is 8.78 Å². The topological polar surface area (TPSA) is 12.0 Å². The van der Waals surface area contributed by atoms with Crippen LogP contribution in [0.1, 0.15) is 24.5 Å². The van der Waals surface area contributed by atoms with Gasteiger partial charge in [-0.15, -0.1) is 0 Å². The minimum atomic E-state index is -0.509. The molecule has 1 atom stereocenters. The first kappa shape index (κ1) is 13.1. The summed E-state index contributed by atoms with van der Waals surface area (Å²) in [5.41, 5.74) is 3.35. The molecule has 0 saturated heterocycles. The van der Waals surface area contributed by atoms with Gasteiger partial charge in [0.25, 0.3) is 0 Å². The van der Waals surface area contributed by atoms with Crippen molar-refractivity contribution in [2.45, 2.75) is 32.7 Å². The maximum Gasteiger partial charge on any atom is 0.136 e. The normalized spacial score (nSPS) is 17.5. The van der Waals surface area contributed by atoms with E-state index in [0.717, 1.165) is 24.1 Å². The van der Waals surface area contributed by atoms with E-state index in [0.29, 0.717) is 17.2 Å². The highest BCUT2D eigenvalue weighted by atomic mass is 19.1. The highest BCUT2D eigenvalue weighted by molar-refractivity contribution is 5.70. The minimum absolute atomic E-state index is 0.0754. The molecule has 3 heteroatoms. The summed E-state index contributed by atoms with van der Waals surface area (Å²) < 4.78 is 28.1. The quantitative estimate of drug-likeness (QED) is 0.795. The van der Waals surface area contributed by atoms with Crippen molar-refractivity contribution in [2.24, 2.45) is 0 Å². The third-order valence-corrected chi connectivity index (χ3v) is 3.93. The van der Waals surface area contributed by atoms with Crippen molar-refractivity contribution in [2.75, 3.05) is 5.32 Å². The van der Waals surface area contributed by atoms with E-state index in [1.54, 1.807) is 13.0 Å². The highest BCUT2D eigenvalue weighted by Crippen LogP contribution is 2.33. The molecule has 1 N–H and O–H groups in total. The molecule has 0 saturated carbocycles. The van der Waals surface area contributed by atoms with E-state index in [1.807, 2.05) is 12.1 Å². The summed E-state index contributed by atoms with van der Waals surface area (Å²) >= 11 is 0. The SMILES string of the molecule is Cc1ccc(F)c(-c2ccc3c(c2)CCC(C)N3)c1F. The summed E-state index contributed by atoms with van der Waals surface area (Å²) in [7, 11) is 0. The Balaban J connectivity index is 2.10. The average Bonchev–Trinajstić information content (AvgIpc) is 2.43. The number of aryl methyl sites for hydroxylation is 2. The lowest BCUT2D eigenvalue weighted by molar-refractivity contribution is 0.583. The molecule has 2 aromatic carbocycles. The Morgan fingerprint density at radius 1 is 1.15 bits per heavy atom. The van der Waals surface area contributed by atoms with E-state index in [1.165, 1.54) is 12.1 Å². The van der Waals surface area contributed by atoms with Gasteiger partial charge in [-0.3, -0.25) is 0 Å². The molecule has 0 amide bonds. The zero-order valence-corrected chi connectivity index (χ0v) is 11.6. The average molecular weight is 273 g/mol. The molecule has 0 radical (unpaired) electrons. The van der Waals surface area contributed by atoms with Gasteiger partial charge < -0.3 is 5.32 Å². The summed E-state index contributed by atoms with van der Waals surface area (Å²) in [6.07, 6.45) is 1.97. The van der Waals surface area contributed by atoms with Crippen LogP contribution in [-0.2, 0) is 6.42 Å². The van der Waals surface area contributed by atoms with Gasteiger partial charge >= 0.3 is 0 Å². The molecule has 1 aliphatic heterocycles. The van der Waals surface area contributed by atoms with Crippen molar-refractivity contribution in [1.29, 1.82) is 0 Å². The molecule has 2 aromatic rings. The molecule has 20 heavy (non-hydrogen) atoms. The fraction of sp³-hybridized carbons (Fsp3) is 0.294. The molecule has 0 spiro atoms. The van der Waals surface area contributed by atoms with Crippen molar-refractivity contribution in [3.05, 3.63) is 53.1 Å². The molecule has 0 aromatic heterocycles. The molecule has 104 valence electrons. The van der Waals surface area contributed by atoms with Gasteiger partial charge in [-0.2, -0.15) is 0 Å². The lowest BCUT2D eigenvalue weighted by Crippen LogP contribution is -2.21. The van der Waals surface area contributed by atoms with Gasteiger partial charge in [0, 0.05) is 11.7 Å². The Labute approximate surface area is 117 Å². The van der Waals surface area contributed by atoms with Gasteiger partial charge in [-0.05, 0) is 61.6 Å². The predicted molar refractivity (Wildman–Crippen MR) is 77.9 cm³/mol. The summed E-state index contributed by atoms with van der Waals surface area (Å²) in [6.45, 7) is 3.79. The van der Waals surface area contributed by atoms with Crippen LogP contribution >= 0.6 is 0 Å². The summed E-state index contributed by atoms with van der Waals surface area (Å²) in [4.78, 5) is 0. The van der Waals surface area contributed by atoms with Gasteiger partial charge in [0.15, 0.2) is 0 Å². The van der Waals surface area contributed by atoms with Crippen molar-refractivity contribution in [1.82, 2.24) is 0 Å². The van der Waals surface area contributed by atoms with Crippen molar-refractivity contribution >= 4 is 5.69 Å². The number of hydrogen-bond acceptors (Lipinski definition) is 1. The number of hydrogen-bond donors (Lipinski definition) is 1. The Bertz CT molecular complexity index is 664. The summed E-state index contributed by atoms with van der Waals surface area (Å²) in [5.74, 6) is -0.979. The molecule has 3 rings (SSSR count). The van der Waals surface area contributed by atoms with Crippen molar-refractivity contribution < 1.29 is 8.78 Å². The Morgan fingerprint density at radius 2 is 1.95 bits per heavy atom. The number of benzene rings is 2. The zero-order valence-electron chi connectivity index (χ0n) is 11.6. The first-order valence-corrected chi connectivity index (χ1v) is 6.90. The van der Waals surface area contributed by atoms with Gasteiger partial charge in [0.2, 0.25) is 0 Å². The first-order chi connectivity index (χ1) is 9.56. The standard InChI is InChI=1S/C17H17F2N/c1-10-3-7-14(18)16(17(10)19)13-6-8-15-12(9-13)5-4-11(2)20-15/h3,6-9,11,20H,4-5H2,1-2H3. The molecular formula is C17H17F2N. The van der Waals surface area contributed by atoms with Crippen LogP contribution in [0.25, 0.3) is 11.1 Å². The smallest absolute Gasteiger partial charge is 0.136 e. The second-order valence-electron chi connectivity index (χ2n) is 5.51. The van der Waals surface area contributed by atoms with Crippen LogP contribution < -0.4 is 5.32 Å². The monoisotopic (exact) mass is 273 g/mol. The van der Waals surface area contributed by atoms with E-state index >= 15 is 0 Å². The molecular weight excluding hydrogens is 256 g/mol. The minimum Gasteiger partial charge on any atom is -0.382 e. The van der Waals surface area contributed by atoms with Crippen LogP contribution in [0.3, 0.4) is 0 Å². The molecule has 1 nitrogen and oxygen atoms in total.